The molecule has 0 aromatic heterocycles. The Morgan fingerprint density at radius 1 is 0.453 bits per heavy atom. The first kappa shape index (κ1) is 68.1. The Labute approximate surface area is 452 Å². The van der Waals surface area contributed by atoms with Gasteiger partial charge in [-0.05, 0) is 96.3 Å². The van der Waals surface area contributed by atoms with Gasteiger partial charge in [0, 0.05) is 19.3 Å². The van der Waals surface area contributed by atoms with Gasteiger partial charge in [0.1, 0.15) is 18.8 Å². The highest BCUT2D eigenvalue weighted by Crippen LogP contribution is 2.26. The second-order valence-corrected chi connectivity index (χ2v) is 18.8. The van der Waals surface area contributed by atoms with Crippen LogP contribution in [0.1, 0.15) is 201 Å². The van der Waals surface area contributed by atoms with Crippen LogP contribution in [0, 0.1) is 0 Å². The molecule has 12 nitrogen and oxygen atoms in total. The van der Waals surface area contributed by atoms with Crippen molar-refractivity contribution in [3.8, 4) is 0 Å². The minimum Gasteiger partial charge on any atom is -0.479 e. The number of carbonyl (C=O) groups is 4. The standard InChI is InChI=1S/C63H98O12/c1-4-7-10-13-16-19-21-23-25-27-28-30-31-33-35-38-40-43-46-49-55(64)71-52-54(73-56(65)50-47-44-41-37-18-15-12-9-6-3)53-72-63-61(59(68)58(67)60(75-63)62(69)70)74-57(66)51-48-45-42-39-36-34-32-29-26-24-22-20-17-14-11-8-5-2/h7-8,10-11,16-17,19-20,23-26,28,30,32-35,40,43,54,58-61,63,67-68H,4-6,9,12-15,18,21-22,27,29,31,36-39,41-42,44-53H2,1-3H3,(H,69,70)/b10-7-,11-8-,19-16-,20-17-,25-23-,26-24-,30-28-,34-32-,35-33-,43-40-. The minimum atomic E-state index is -1.93. The van der Waals surface area contributed by atoms with Crippen molar-refractivity contribution in [2.24, 2.45) is 0 Å². The van der Waals surface area contributed by atoms with E-state index in [4.69, 9.17) is 23.7 Å². The Kier molecular flexibility index (Phi) is 45.4. The molecule has 1 aliphatic rings. The fourth-order valence-electron chi connectivity index (χ4n) is 7.74. The van der Waals surface area contributed by atoms with Crippen molar-refractivity contribution in [3.05, 3.63) is 122 Å². The van der Waals surface area contributed by atoms with Gasteiger partial charge in [-0.3, -0.25) is 14.4 Å². The highest BCUT2D eigenvalue weighted by molar-refractivity contribution is 5.74. The van der Waals surface area contributed by atoms with Crippen LogP contribution in [-0.2, 0) is 42.9 Å². The Hall–Kier alpha value is -4.88. The molecule has 6 unspecified atom stereocenters. The third-order valence-corrected chi connectivity index (χ3v) is 12.0. The number of allylic oxidation sites excluding steroid dienone is 20. The number of carboxylic acids is 1. The Bertz CT molecular complexity index is 1770. The summed E-state index contributed by atoms with van der Waals surface area (Å²) < 4.78 is 28.2. The molecule has 0 radical (unpaired) electrons. The number of unbranched alkanes of at least 4 members (excludes halogenated alkanes) is 12. The summed E-state index contributed by atoms with van der Waals surface area (Å²) in [4.78, 5) is 50.9. The van der Waals surface area contributed by atoms with Crippen LogP contribution >= 0.6 is 0 Å². The van der Waals surface area contributed by atoms with Crippen molar-refractivity contribution < 1.29 is 58.2 Å². The van der Waals surface area contributed by atoms with Gasteiger partial charge in [0.05, 0.1) is 6.61 Å². The molecule has 3 N–H and O–H groups in total. The van der Waals surface area contributed by atoms with Gasteiger partial charge in [-0.1, -0.05) is 206 Å². The SMILES string of the molecule is CC/C=C\C/C=C\C/C=C\C/C=C\C/C=C\C/C=C\CCC(=O)OCC(COC1OC(C(=O)O)C(O)C(O)C1OC(=O)CCCCCC/C=C\C/C=C\C/C=C\C/C=C\CC)OC(=O)CCCCCCCCCCC. The molecule has 0 aromatic carbocycles. The van der Waals surface area contributed by atoms with Gasteiger partial charge in [0.15, 0.2) is 24.6 Å². The maximum Gasteiger partial charge on any atom is 0.335 e. The van der Waals surface area contributed by atoms with Gasteiger partial charge in [0.25, 0.3) is 0 Å². The van der Waals surface area contributed by atoms with Crippen molar-refractivity contribution in [1.82, 2.24) is 0 Å². The highest BCUT2D eigenvalue weighted by atomic mass is 16.7. The molecule has 1 aliphatic heterocycles. The smallest absolute Gasteiger partial charge is 0.335 e. The molecule has 1 rings (SSSR count). The van der Waals surface area contributed by atoms with Crippen LogP contribution in [0.2, 0.25) is 0 Å². The zero-order chi connectivity index (χ0) is 54.7. The Balaban J connectivity index is 2.72. The molecular formula is C63H98O12. The molecule has 1 heterocycles. The van der Waals surface area contributed by atoms with Gasteiger partial charge >= 0.3 is 23.9 Å². The molecule has 0 saturated carbocycles. The first-order chi connectivity index (χ1) is 36.6. The second kappa shape index (κ2) is 50.0. The molecule has 0 aliphatic carbocycles. The molecule has 0 aromatic rings. The Morgan fingerprint density at radius 2 is 0.867 bits per heavy atom. The van der Waals surface area contributed by atoms with Crippen molar-refractivity contribution in [1.29, 1.82) is 0 Å². The lowest BCUT2D eigenvalue weighted by Gasteiger charge is -2.40. The van der Waals surface area contributed by atoms with Gasteiger partial charge in [-0.15, -0.1) is 0 Å². The van der Waals surface area contributed by atoms with Crippen LogP contribution in [0.5, 0.6) is 0 Å². The second-order valence-electron chi connectivity index (χ2n) is 18.8. The maximum atomic E-state index is 13.1. The normalized spacial score (nSPS) is 19.1. The van der Waals surface area contributed by atoms with E-state index < -0.39 is 67.3 Å². The molecule has 0 amide bonds. The number of hydrogen-bond acceptors (Lipinski definition) is 11. The molecule has 1 saturated heterocycles. The number of carboxylic acid groups (broad SMARTS) is 1. The van der Waals surface area contributed by atoms with Crippen molar-refractivity contribution >= 4 is 23.9 Å². The molecule has 12 heteroatoms. The highest BCUT2D eigenvalue weighted by Gasteiger charge is 2.50. The zero-order valence-corrected chi connectivity index (χ0v) is 46.2. The summed E-state index contributed by atoms with van der Waals surface area (Å²) in [5.74, 6) is -3.28. The lowest BCUT2D eigenvalue weighted by molar-refractivity contribution is -0.301. The monoisotopic (exact) mass is 1050 g/mol. The predicted molar refractivity (Wildman–Crippen MR) is 303 cm³/mol. The van der Waals surface area contributed by atoms with E-state index in [1.54, 1.807) is 0 Å². The average Bonchev–Trinajstić information content (AvgIpc) is 3.39. The number of ether oxygens (including phenoxy) is 5. The molecule has 75 heavy (non-hydrogen) atoms. The molecule has 6 atom stereocenters. The van der Waals surface area contributed by atoms with Crippen LogP contribution in [0.25, 0.3) is 0 Å². The van der Waals surface area contributed by atoms with Crippen LogP contribution in [0.4, 0.5) is 0 Å². The number of aliphatic hydroxyl groups excluding tert-OH is 2. The summed E-state index contributed by atoms with van der Waals surface area (Å²) in [7, 11) is 0. The summed E-state index contributed by atoms with van der Waals surface area (Å²) >= 11 is 0. The van der Waals surface area contributed by atoms with Gasteiger partial charge < -0.3 is 39.0 Å². The number of hydrogen-bond donors (Lipinski definition) is 3. The van der Waals surface area contributed by atoms with Gasteiger partial charge in [-0.2, -0.15) is 0 Å². The molecule has 422 valence electrons. The number of aliphatic carboxylic acids is 1. The quantitative estimate of drug-likeness (QED) is 0.0228. The van der Waals surface area contributed by atoms with E-state index >= 15 is 0 Å². The first-order valence-electron chi connectivity index (χ1n) is 28.5. The third-order valence-electron chi connectivity index (χ3n) is 12.0. The van der Waals surface area contributed by atoms with Crippen molar-refractivity contribution in [3.63, 3.8) is 0 Å². The van der Waals surface area contributed by atoms with E-state index in [0.29, 0.717) is 19.3 Å². The summed E-state index contributed by atoms with van der Waals surface area (Å²) in [5, 5.41) is 31.4. The summed E-state index contributed by atoms with van der Waals surface area (Å²) in [6.45, 7) is 5.64. The lowest BCUT2D eigenvalue weighted by atomic mass is 9.98. The molecular weight excluding hydrogens is 949 g/mol. The van der Waals surface area contributed by atoms with Gasteiger partial charge in [-0.25, -0.2) is 4.79 Å². The van der Waals surface area contributed by atoms with E-state index in [1.165, 1.54) is 25.7 Å². The zero-order valence-electron chi connectivity index (χ0n) is 46.2. The minimum absolute atomic E-state index is 0.0198. The maximum absolute atomic E-state index is 13.1. The molecule has 1 fully saturated rings. The topological polar surface area (TPSA) is 175 Å². The average molecular weight is 1050 g/mol. The van der Waals surface area contributed by atoms with Crippen LogP contribution < -0.4 is 0 Å². The summed E-state index contributed by atoms with van der Waals surface area (Å²) in [6.07, 6.45) is 56.2. The van der Waals surface area contributed by atoms with Gasteiger partial charge in [0.2, 0.25) is 0 Å². The van der Waals surface area contributed by atoms with E-state index in [2.05, 4.69) is 130 Å². The van der Waals surface area contributed by atoms with E-state index in [-0.39, 0.29) is 25.9 Å². The lowest BCUT2D eigenvalue weighted by Crippen LogP contribution is -2.61. The van der Waals surface area contributed by atoms with Crippen molar-refractivity contribution in [2.75, 3.05) is 13.2 Å². The Morgan fingerprint density at radius 3 is 1.33 bits per heavy atom. The number of carbonyl (C=O) groups excluding carboxylic acids is 3. The molecule has 0 spiro atoms. The summed E-state index contributed by atoms with van der Waals surface area (Å²) in [6, 6.07) is 0. The van der Waals surface area contributed by atoms with E-state index in [9.17, 15) is 34.5 Å². The fourth-order valence-corrected chi connectivity index (χ4v) is 7.74. The predicted octanol–water partition coefficient (Wildman–Crippen LogP) is 14.4. The first-order valence-corrected chi connectivity index (χ1v) is 28.5. The molecule has 0 bridgehead atoms. The van der Waals surface area contributed by atoms with Crippen LogP contribution in [0.3, 0.4) is 0 Å². The largest absolute Gasteiger partial charge is 0.479 e. The number of rotatable bonds is 46. The third kappa shape index (κ3) is 40.1. The van der Waals surface area contributed by atoms with E-state index in [0.717, 1.165) is 116 Å². The van der Waals surface area contributed by atoms with E-state index in [1.807, 2.05) is 12.2 Å². The summed E-state index contributed by atoms with van der Waals surface area (Å²) in [5.41, 5.74) is 0. The number of esters is 3. The number of aliphatic hydroxyl groups is 2. The van der Waals surface area contributed by atoms with Crippen LogP contribution in [0.15, 0.2) is 122 Å². The van der Waals surface area contributed by atoms with Crippen LogP contribution in [-0.4, -0.2) is 89.2 Å². The van der Waals surface area contributed by atoms with Crippen molar-refractivity contribution in [2.45, 2.75) is 237 Å². The fraction of sp³-hybridized carbons (Fsp3) is 0.619.